The molecule has 0 unspecified atom stereocenters. The fourth-order valence-electron chi connectivity index (χ4n) is 2.75. The van der Waals surface area contributed by atoms with Crippen molar-refractivity contribution >= 4 is 35.6 Å². The minimum absolute atomic E-state index is 0. The Balaban J connectivity index is 0.00000261. The zero-order chi connectivity index (χ0) is 18.4. The molecular formula is C21H26IN5. The lowest BCUT2D eigenvalue weighted by Gasteiger charge is -2.10. The Morgan fingerprint density at radius 2 is 1.89 bits per heavy atom. The Bertz CT molecular complexity index is 872. The summed E-state index contributed by atoms with van der Waals surface area (Å²) in [5.74, 6) is 0.899. The lowest BCUT2D eigenvalue weighted by molar-refractivity contribution is 0.686. The lowest BCUT2D eigenvalue weighted by atomic mass is 10.0. The van der Waals surface area contributed by atoms with E-state index < -0.39 is 0 Å². The van der Waals surface area contributed by atoms with Crippen molar-refractivity contribution in [3.63, 3.8) is 0 Å². The van der Waals surface area contributed by atoms with E-state index in [-0.39, 0.29) is 24.0 Å². The minimum atomic E-state index is 0. The number of aliphatic imine (C=N–C) groups is 1. The average Bonchev–Trinajstić information content (AvgIpc) is 3.13. The first kappa shape index (κ1) is 21.0. The van der Waals surface area contributed by atoms with E-state index in [2.05, 4.69) is 59.6 Å². The maximum absolute atomic E-state index is 6.05. The van der Waals surface area contributed by atoms with Gasteiger partial charge in [0, 0.05) is 18.1 Å². The second-order valence-corrected chi connectivity index (χ2v) is 6.63. The Labute approximate surface area is 177 Å². The van der Waals surface area contributed by atoms with Crippen molar-refractivity contribution in [2.24, 2.45) is 10.7 Å². The first-order valence-electron chi connectivity index (χ1n) is 8.82. The third-order valence-electron chi connectivity index (χ3n) is 4.15. The number of guanidine groups is 1. The highest BCUT2D eigenvalue weighted by Crippen LogP contribution is 2.18. The summed E-state index contributed by atoms with van der Waals surface area (Å²) in [6.07, 6.45) is 3.74. The van der Waals surface area contributed by atoms with Gasteiger partial charge in [0.1, 0.15) is 0 Å². The molecule has 3 rings (SSSR count). The first-order valence-corrected chi connectivity index (χ1v) is 8.82. The molecule has 2 aromatic carbocycles. The SMILES string of the molecule is CC(C)c1cccc(NC(N)=NCc2cccc(Cn3cccn3)c2)c1.I. The van der Waals surface area contributed by atoms with E-state index in [0.717, 1.165) is 17.8 Å². The molecule has 0 bridgehead atoms. The van der Waals surface area contributed by atoms with Gasteiger partial charge in [-0.1, -0.05) is 50.2 Å². The van der Waals surface area contributed by atoms with Gasteiger partial charge >= 0.3 is 0 Å². The van der Waals surface area contributed by atoms with Crippen LogP contribution in [0.3, 0.4) is 0 Å². The van der Waals surface area contributed by atoms with E-state index in [0.29, 0.717) is 18.4 Å². The van der Waals surface area contributed by atoms with Crippen molar-refractivity contribution in [1.82, 2.24) is 9.78 Å². The molecule has 0 aliphatic rings. The van der Waals surface area contributed by atoms with Gasteiger partial charge in [-0.2, -0.15) is 5.10 Å². The number of rotatable bonds is 6. The second kappa shape index (κ2) is 10.1. The van der Waals surface area contributed by atoms with Crippen molar-refractivity contribution in [3.05, 3.63) is 83.7 Å². The van der Waals surface area contributed by atoms with Gasteiger partial charge in [0.2, 0.25) is 0 Å². The number of hydrogen-bond acceptors (Lipinski definition) is 2. The van der Waals surface area contributed by atoms with Gasteiger partial charge < -0.3 is 11.1 Å². The number of nitrogens with one attached hydrogen (secondary N) is 1. The largest absolute Gasteiger partial charge is 0.370 e. The molecule has 1 aromatic heterocycles. The summed E-state index contributed by atoms with van der Waals surface area (Å²) in [5.41, 5.74) is 10.6. The number of nitrogens with two attached hydrogens (primary N) is 1. The third-order valence-corrected chi connectivity index (χ3v) is 4.15. The van der Waals surface area contributed by atoms with Crippen molar-refractivity contribution in [2.45, 2.75) is 32.9 Å². The van der Waals surface area contributed by atoms with Crippen LogP contribution in [0.4, 0.5) is 5.69 Å². The minimum Gasteiger partial charge on any atom is -0.370 e. The summed E-state index contributed by atoms with van der Waals surface area (Å²) in [6, 6.07) is 18.5. The van der Waals surface area contributed by atoms with Gasteiger partial charge in [0.15, 0.2) is 5.96 Å². The fourth-order valence-corrected chi connectivity index (χ4v) is 2.75. The molecule has 3 aromatic rings. The Hall–Kier alpha value is -2.35. The van der Waals surface area contributed by atoms with E-state index in [1.54, 1.807) is 6.20 Å². The van der Waals surface area contributed by atoms with Crippen LogP contribution in [0.15, 0.2) is 72.0 Å². The van der Waals surface area contributed by atoms with E-state index in [1.807, 2.05) is 35.1 Å². The van der Waals surface area contributed by atoms with Crippen LogP contribution >= 0.6 is 24.0 Å². The number of hydrogen-bond donors (Lipinski definition) is 2. The normalized spacial score (nSPS) is 11.3. The van der Waals surface area contributed by atoms with E-state index in [1.165, 1.54) is 11.1 Å². The highest BCUT2D eigenvalue weighted by Gasteiger charge is 2.02. The van der Waals surface area contributed by atoms with Gasteiger partial charge in [-0.15, -0.1) is 24.0 Å². The topological polar surface area (TPSA) is 68.2 Å². The smallest absolute Gasteiger partial charge is 0.193 e. The van der Waals surface area contributed by atoms with Crippen LogP contribution in [-0.4, -0.2) is 15.7 Å². The summed E-state index contributed by atoms with van der Waals surface area (Å²) in [7, 11) is 0. The molecule has 0 radical (unpaired) electrons. The standard InChI is InChI=1S/C21H25N5.HI/c1-16(2)19-8-4-9-20(13-19)25-21(22)23-14-17-6-3-7-18(12-17)15-26-11-5-10-24-26;/h3-13,16H,14-15H2,1-2H3,(H3,22,23,25);1H. The molecule has 3 N–H and O–H groups in total. The molecule has 27 heavy (non-hydrogen) atoms. The van der Waals surface area contributed by atoms with Gasteiger partial charge in [-0.05, 0) is 40.8 Å². The zero-order valence-electron chi connectivity index (χ0n) is 15.7. The number of nitrogens with zero attached hydrogens (tertiary/aromatic N) is 3. The van der Waals surface area contributed by atoms with E-state index >= 15 is 0 Å². The summed E-state index contributed by atoms with van der Waals surface area (Å²) < 4.78 is 1.90. The van der Waals surface area contributed by atoms with E-state index in [4.69, 9.17) is 5.73 Å². The van der Waals surface area contributed by atoms with Gasteiger partial charge in [0.05, 0.1) is 13.1 Å². The van der Waals surface area contributed by atoms with Crippen molar-refractivity contribution in [2.75, 3.05) is 5.32 Å². The number of anilines is 1. The molecule has 0 spiro atoms. The summed E-state index contributed by atoms with van der Waals surface area (Å²) >= 11 is 0. The second-order valence-electron chi connectivity index (χ2n) is 6.63. The molecular weight excluding hydrogens is 449 g/mol. The predicted molar refractivity (Wildman–Crippen MR) is 123 cm³/mol. The van der Waals surface area contributed by atoms with E-state index in [9.17, 15) is 0 Å². The van der Waals surface area contributed by atoms with Crippen LogP contribution in [-0.2, 0) is 13.1 Å². The van der Waals surface area contributed by atoms with Gasteiger partial charge in [-0.3, -0.25) is 4.68 Å². The quantitative estimate of drug-likeness (QED) is 0.311. The van der Waals surface area contributed by atoms with Gasteiger partial charge in [-0.25, -0.2) is 4.99 Å². The summed E-state index contributed by atoms with van der Waals surface area (Å²) in [5, 5.41) is 7.41. The molecule has 5 nitrogen and oxygen atoms in total. The number of aromatic nitrogens is 2. The molecule has 0 atom stereocenters. The van der Waals surface area contributed by atoms with Gasteiger partial charge in [0.25, 0.3) is 0 Å². The van der Waals surface area contributed by atoms with Crippen LogP contribution in [0.25, 0.3) is 0 Å². The Kier molecular flexibility index (Phi) is 7.84. The molecule has 0 aliphatic heterocycles. The molecule has 0 fully saturated rings. The fraction of sp³-hybridized carbons (Fsp3) is 0.238. The van der Waals surface area contributed by atoms with Crippen LogP contribution in [0.1, 0.15) is 36.5 Å². The monoisotopic (exact) mass is 475 g/mol. The lowest BCUT2D eigenvalue weighted by Crippen LogP contribution is -2.22. The molecule has 0 amide bonds. The van der Waals surface area contributed by atoms with Crippen molar-refractivity contribution < 1.29 is 0 Å². The predicted octanol–water partition coefficient (Wildman–Crippen LogP) is 4.60. The highest BCUT2D eigenvalue weighted by atomic mass is 127. The first-order chi connectivity index (χ1) is 12.6. The maximum Gasteiger partial charge on any atom is 0.193 e. The zero-order valence-corrected chi connectivity index (χ0v) is 18.0. The van der Waals surface area contributed by atoms with Crippen LogP contribution < -0.4 is 11.1 Å². The molecule has 0 aliphatic carbocycles. The highest BCUT2D eigenvalue weighted by molar-refractivity contribution is 14.0. The van der Waals surface area contributed by atoms with Crippen molar-refractivity contribution in [3.8, 4) is 0 Å². The third kappa shape index (κ3) is 6.39. The molecule has 142 valence electrons. The average molecular weight is 475 g/mol. The molecule has 0 saturated carbocycles. The summed E-state index contributed by atoms with van der Waals surface area (Å²) in [4.78, 5) is 4.46. The molecule has 6 heteroatoms. The Morgan fingerprint density at radius 1 is 1.11 bits per heavy atom. The van der Waals surface area contributed by atoms with Crippen LogP contribution in [0, 0.1) is 0 Å². The molecule has 0 saturated heterocycles. The van der Waals surface area contributed by atoms with Crippen LogP contribution in [0.5, 0.6) is 0 Å². The maximum atomic E-state index is 6.05. The summed E-state index contributed by atoms with van der Waals surface area (Å²) in [6.45, 7) is 5.63. The van der Waals surface area contributed by atoms with Crippen LogP contribution in [0.2, 0.25) is 0 Å². The molecule has 1 heterocycles. The number of halogens is 1. The Morgan fingerprint density at radius 3 is 2.63 bits per heavy atom. The van der Waals surface area contributed by atoms with Crippen molar-refractivity contribution in [1.29, 1.82) is 0 Å². The number of benzene rings is 2.